The number of carbonyl (C=O) groups excluding carboxylic acids is 1. The molecule has 88 valence electrons. The molecule has 2 aromatic rings. The minimum absolute atomic E-state index is 0.210. The lowest BCUT2D eigenvalue weighted by Crippen LogP contribution is -2.01. The van der Waals surface area contributed by atoms with Crippen LogP contribution in [0.2, 0.25) is 0 Å². The van der Waals surface area contributed by atoms with Gasteiger partial charge in [-0.3, -0.25) is 4.79 Å². The van der Waals surface area contributed by atoms with Crippen molar-refractivity contribution in [2.24, 2.45) is 0 Å². The van der Waals surface area contributed by atoms with Gasteiger partial charge in [-0.25, -0.2) is 4.98 Å². The average Bonchev–Trinajstić information content (AvgIpc) is 2.78. The van der Waals surface area contributed by atoms with Gasteiger partial charge in [-0.1, -0.05) is 24.3 Å². The summed E-state index contributed by atoms with van der Waals surface area (Å²) in [6, 6.07) is 5.88. The van der Waals surface area contributed by atoms with Crippen molar-refractivity contribution in [3.8, 4) is 0 Å². The second-order valence-electron chi connectivity index (χ2n) is 3.56. The first kappa shape index (κ1) is 11.4. The third kappa shape index (κ3) is 2.72. The van der Waals surface area contributed by atoms with E-state index in [1.165, 1.54) is 0 Å². The van der Waals surface area contributed by atoms with E-state index < -0.39 is 0 Å². The van der Waals surface area contributed by atoms with E-state index in [4.69, 9.17) is 4.74 Å². The maximum Gasteiger partial charge on any atom is 0.309 e. The molecule has 0 spiro atoms. The van der Waals surface area contributed by atoms with E-state index in [9.17, 15) is 4.79 Å². The van der Waals surface area contributed by atoms with Gasteiger partial charge in [0.2, 0.25) is 0 Å². The van der Waals surface area contributed by atoms with Crippen LogP contribution in [0.5, 0.6) is 0 Å². The second-order valence-corrected chi connectivity index (χ2v) is 3.56. The molecule has 0 saturated carbocycles. The molecule has 1 heterocycles. The number of para-hydroxylation sites is 1. The Kier molecular flexibility index (Phi) is 3.55. The number of nitrogens with one attached hydrogen (secondary N) is 1. The lowest BCUT2D eigenvalue weighted by atomic mass is 10.1. The third-order valence-electron chi connectivity index (χ3n) is 2.37. The summed E-state index contributed by atoms with van der Waals surface area (Å²) in [4.78, 5) is 18.4. The highest BCUT2D eigenvalue weighted by Gasteiger charge is 2.00. The molecule has 17 heavy (non-hydrogen) atoms. The summed E-state index contributed by atoms with van der Waals surface area (Å²) in [7, 11) is 0. The summed E-state index contributed by atoms with van der Waals surface area (Å²) in [6.45, 7) is 2.22. The number of ether oxygens (including phenoxy) is 1. The molecule has 0 saturated heterocycles. The summed E-state index contributed by atoms with van der Waals surface area (Å²) in [6.07, 6.45) is 5.63. The Bertz CT molecular complexity index is 543. The Balaban J connectivity index is 2.10. The van der Waals surface area contributed by atoms with Gasteiger partial charge >= 0.3 is 5.97 Å². The van der Waals surface area contributed by atoms with Crippen LogP contribution in [0.25, 0.3) is 17.1 Å². The molecule has 2 rings (SSSR count). The van der Waals surface area contributed by atoms with Gasteiger partial charge in [-0.05, 0) is 13.0 Å². The minimum Gasteiger partial charge on any atom is -0.466 e. The summed E-state index contributed by atoms with van der Waals surface area (Å²) in [5, 5.41) is 0. The van der Waals surface area contributed by atoms with Crippen LogP contribution in [0, 0.1) is 0 Å². The molecular formula is C13H14N2O2. The van der Waals surface area contributed by atoms with E-state index in [2.05, 4.69) is 9.97 Å². The van der Waals surface area contributed by atoms with Crippen LogP contribution < -0.4 is 0 Å². The maximum atomic E-state index is 11.2. The molecule has 0 amide bonds. The van der Waals surface area contributed by atoms with Gasteiger partial charge in [0.25, 0.3) is 0 Å². The SMILES string of the molecule is CCOC(=O)CC=Cc1cccc2[nH]cnc12. The monoisotopic (exact) mass is 230 g/mol. The van der Waals surface area contributed by atoms with E-state index in [-0.39, 0.29) is 12.4 Å². The zero-order valence-electron chi connectivity index (χ0n) is 9.64. The van der Waals surface area contributed by atoms with Crippen molar-refractivity contribution in [2.45, 2.75) is 13.3 Å². The van der Waals surface area contributed by atoms with Crippen molar-refractivity contribution in [2.75, 3.05) is 6.61 Å². The van der Waals surface area contributed by atoms with E-state index in [0.717, 1.165) is 16.6 Å². The molecule has 0 unspecified atom stereocenters. The van der Waals surface area contributed by atoms with Crippen molar-refractivity contribution in [3.05, 3.63) is 36.2 Å². The lowest BCUT2D eigenvalue weighted by Gasteiger charge is -1.97. The first-order chi connectivity index (χ1) is 8.31. The van der Waals surface area contributed by atoms with Crippen molar-refractivity contribution < 1.29 is 9.53 Å². The van der Waals surface area contributed by atoms with Crippen LogP contribution in [-0.2, 0) is 9.53 Å². The Hall–Kier alpha value is -2.10. The molecular weight excluding hydrogens is 216 g/mol. The van der Waals surface area contributed by atoms with Gasteiger partial charge < -0.3 is 9.72 Å². The van der Waals surface area contributed by atoms with Crippen LogP contribution in [-0.4, -0.2) is 22.5 Å². The number of imidazole rings is 1. The average molecular weight is 230 g/mol. The topological polar surface area (TPSA) is 55.0 Å². The van der Waals surface area contributed by atoms with Crippen molar-refractivity contribution in [1.82, 2.24) is 9.97 Å². The van der Waals surface area contributed by atoms with Crippen LogP contribution in [0.1, 0.15) is 18.9 Å². The Morgan fingerprint density at radius 2 is 2.41 bits per heavy atom. The molecule has 0 radical (unpaired) electrons. The van der Waals surface area contributed by atoms with Gasteiger partial charge in [-0.15, -0.1) is 0 Å². The number of fused-ring (bicyclic) bond motifs is 1. The maximum absolute atomic E-state index is 11.2. The normalized spacial score (nSPS) is 11.1. The number of aromatic nitrogens is 2. The molecule has 1 N–H and O–H groups in total. The number of hydrogen-bond donors (Lipinski definition) is 1. The highest BCUT2D eigenvalue weighted by Crippen LogP contribution is 2.15. The minimum atomic E-state index is -0.210. The number of esters is 1. The standard InChI is InChI=1S/C13H14N2O2/c1-2-17-12(16)8-4-6-10-5-3-7-11-13(10)15-9-14-11/h3-7,9H,2,8H2,1H3,(H,14,15). The van der Waals surface area contributed by atoms with Crippen molar-refractivity contribution >= 4 is 23.1 Å². The van der Waals surface area contributed by atoms with E-state index in [1.807, 2.05) is 24.3 Å². The third-order valence-corrected chi connectivity index (χ3v) is 2.37. The fourth-order valence-corrected chi connectivity index (χ4v) is 1.62. The van der Waals surface area contributed by atoms with Crippen LogP contribution in [0.3, 0.4) is 0 Å². The fourth-order valence-electron chi connectivity index (χ4n) is 1.62. The summed E-state index contributed by atoms with van der Waals surface area (Å²) in [5.41, 5.74) is 2.89. The predicted molar refractivity (Wildman–Crippen MR) is 66.4 cm³/mol. The molecule has 0 aliphatic rings. The van der Waals surface area contributed by atoms with Crippen molar-refractivity contribution in [3.63, 3.8) is 0 Å². The number of H-pyrrole nitrogens is 1. The number of nitrogens with zero attached hydrogens (tertiary/aromatic N) is 1. The number of hydrogen-bond acceptors (Lipinski definition) is 3. The Morgan fingerprint density at radius 1 is 1.53 bits per heavy atom. The molecule has 4 heteroatoms. The number of aromatic amines is 1. The fraction of sp³-hybridized carbons (Fsp3) is 0.231. The molecule has 0 aliphatic heterocycles. The van der Waals surface area contributed by atoms with E-state index in [0.29, 0.717) is 6.61 Å². The highest BCUT2D eigenvalue weighted by atomic mass is 16.5. The predicted octanol–water partition coefficient (Wildman–Crippen LogP) is 2.53. The smallest absolute Gasteiger partial charge is 0.309 e. The lowest BCUT2D eigenvalue weighted by molar-refractivity contribution is -0.142. The first-order valence-corrected chi connectivity index (χ1v) is 5.55. The largest absolute Gasteiger partial charge is 0.466 e. The van der Waals surface area contributed by atoms with Crippen LogP contribution in [0.4, 0.5) is 0 Å². The molecule has 1 aromatic heterocycles. The van der Waals surface area contributed by atoms with Crippen LogP contribution >= 0.6 is 0 Å². The summed E-state index contributed by atoms with van der Waals surface area (Å²) < 4.78 is 4.84. The van der Waals surface area contributed by atoms with Gasteiger partial charge in [0.1, 0.15) is 0 Å². The van der Waals surface area contributed by atoms with Gasteiger partial charge in [-0.2, -0.15) is 0 Å². The number of benzene rings is 1. The second kappa shape index (κ2) is 5.30. The van der Waals surface area contributed by atoms with E-state index >= 15 is 0 Å². The van der Waals surface area contributed by atoms with Gasteiger partial charge in [0, 0.05) is 5.56 Å². The molecule has 1 aromatic carbocycles. The van der Waals surface area contributed by atoms with Gasteiger partial charge in [0.15, 0.2) is 0 Å². The molecule has 4 nitrogen and oxygen atoms in total. The number of carbonyl (C=O) groups is 1. The molecule has 0 atom stereocenters. The zero-order chi connectivity index (χ0) is 12.1. The first-order valence-electron chi connectivity index (χ1n) is 5.55. The Labute approximate surface area is 99.3 Å². The quantitative estimate of drug-likeness (QED) is 0.821. The summed E-state index contributed by atoms with van der Waals surface area (Å²) in [5.74, 6) is -0.210. The Morgan fingerprint density at radius 3 is 3.24 bits per heavy atom. The van der Waals surface area contributed by atoms with Crippen molar-refractivity contribution in [1.29, 1.82) is 0 Å². The molecule has 0 fully saturated rings. The van der Waals surface area contributed by atoms with E-state index in [1.54, 1.807) is 19.3 Å². The molecule has 0 bridgehead atoms. The van der Waals surface area contributed by atoms with Crippen LogP contribution in [0.15, 0.2) is 30.6 Å². The highest BCUT2D eigenvalue weighted by molar-refractivity contribution is 5.85. The number of rotatable bonds is 4. The zero-order valence-corrected chi connectivity index (χ0v) is 9.64. The molecule has 0 aliphatic carbocycles. The van der Waals surface area contributed by atoms with Gasteiger partial charge in [0.05, 0.1) is 30.4 Å². The summed E-state index contributed by atoms with van der Waals surface area (Å²) >= 11 is 0.